The summed E-state index contributed by atoms with van der Waals surface area (Å²) in [5, 5.41) is 1.18. The molecule has 0 spiro atoms. The fourth-order valence-electron chi connectivity index (χ4n) is 4.59. The molecule has 3 aromatic carbocycles. The number of rotatable bonds is 4. The van der Waals surface area contributed by atoms with E-state index in [0.29, 0.717) is 17.9 Å². The van der Waals surface area contributed by atoms with Crippen LogP contribution in [0.15, 0.2) is 77.7 Å². The molecule has 0 radical (unpaired) electrons. The smallest absolute Gasteiger partial charge is 0.244 e. The number of aromatic nitrogens is 1. The summed E-state index contributed by atoms with van der Waals surface area (Å²) in [5.41, 5.74) is 6.51. The van der Waals surface area contributed by atoms with Crippen LogP contribution in [0.4, 0.5) is 0 Å². The third-order valence-corrected chi connectivity index (χ3v) is 8.20. The molecule has 4 aromatic rings. The van der Waals surface area contributed by atoms with Gasteiger partial charge in [-0.2, -0.15) is 4.31 Å². The van der Waals surface area contributed by atoms with Crippen molar-refractivity contribution in [2.75, 3.05) is 6.54 Å². The number of H-pyrrole nitrogens is 1. The van der Waals surface area contributed by atoms with E-state index in [0.717, 1.165) is 34.3 Å². The lowest BCUT2D eigenvalue weighted by molar-refractivity contribution is 0.340. The lowest BCUT2D eigenvalue weighted by atomic mass is 9.94. The number of hydrogen-bond donors (Lipinski definition) is 1. The van der Waals surface area contributed by atoms with Gasteiger partial charge in [0.15, 0.2) is 0 Å². The molecule has 1 aliphatic rings. The molecule has 0 amide bonds. The Bertz CT molecular complexity index is 1340. The van der Waals surface area contributed by atoms with Gasteiger partial charge >= 0.3 is 0 Å². The summed E-state index contributed by atoms with van der Waals surface area (Å²) in [7, 11) is -3.66. The topological polar surface area (TPSA) is 53.2 Å². The van der Waals surface area contributed by atoms with E-state index >= 15 is 0 Å². The largest absolute Gasteiger partial charge is 0.357 e. The summed E-state index contributed by atoms with van der Waals surface area (Å²) in [6.45, 7) is 4.56. The van der Waals surface area contributed by atoms with Gasteiger partial charge in [-0.3, -0.25) is 0 Å². The van der Waals surface area contributed by atoms with Crippen molar-refractivity contribution >= 4 is 20.9 Å². The van der Waals surface area contributed by atoms with Crippen molar-refractivity contribution in [3.63, 3.8) is 0 Å². The molecule has 0 fully saturated rings. The summed E-state index contributed by atoms with van der Waals surface area (Å²) in [5.74, 6) is 0. The van der Waals surface area contributed by atoms with Crippen molar-refractivity contribution in [3.8, 4) is 0 Å². The Balaban J connectivity index is 1.68. The summed E-state index contributed by atoms with van der Waals surface area (Å²) in [6.07, 6.45) is 1.57. The predicted molar refractivity (Wildman–Crippen MR) is 125 cm³/mol. The molecular weight excluding hydrogens is 404 g/mol. The van der Waals surface area contributed by atoms with Crippen molar-refractivity contribution in [3.05, 3.63) is 101 Å². The Morgan fingerprint density at radius 2 is 1.68 bits per heavy atom. The van der Waals surface area contributed by atoms with E-state index in [2.05, 4.69) is 24.0 Å². The van der Waals surface area contributed by atoms with Crippen LogP contribution in [0.1, 0.15) is 40.9 Å². The first-order chi connectivity index (χ1) is 15.0. The van der Waals surface area contributed by atoms with Crippen molar-refractivity contribution in [1.29, 1.82) is 0 Å². The highest BCUT2D eigenvalue weighted by atomic mass is 32.2. The molecule has 158 valence electrons. The second-order valence-electron chi connectivity index (χ2n) is 8.24. The van der Waals surface area contributed by atoms with Gasteiger partial charge in [-0.1, -0.05) is 67.1 Å². The number of nitrogens with zero attached hydrogens (tertiary/aromatic N) is 1. The maximum absolute atomic E-state index is 13.8. The van der Waals surface area contributed by atoms with Gasteiger partial charge in [0.25, 0.3) is 0 Å². The summed E-state index contributed by atoms with van der Waals surface area (Å²) < 4.78 is 29.2. The van der Waals surface area contributed by atoms with E-state index in [1.165, 1.54) is 10.9 Å². The van der Waals surface area contributed by atoms with Crippen LogP contribution in [0.25, 0.3) is 10.9 Å². The lowest BCUT2D eigenvalue weighted by Crippen LogP contribution is -2.40. The summed E-state index contributed by atoms with van der Waals surface area (Å²) >= 11 is 0. The highest BCUT2D eigenvalue weighted by Crippen LogP contribution is 2.41. The van der Waals surface area contributed by atoms with Crippen LogP contribution < -0.4 is 0 Å². The molecule has 1 aliphatic heterocycles. The van der Waals surface area contributed by atoms with E-state index in [-0.39, 0.29) is 6.04 Å². The second-order valence-corrected chi connectivity index (χ2v) is 10.1. The van der Waals surface area contributed by atoms with Crippen LogP contribution >= 0.6 is 0 Å². The molecular formula is C26H26N2O2S. The number of nitrogens with one attached hydrogen (secondary N) is 1. The summed E-state index contributed by atoms with van der Waals surface area (Å²) in [4.78, 5) is 3.89. The van der Waals surface area contributed by atoms with Gasteiger partial charge in [0, 0.05) is 23.1 Å². The Morgan fingerprint density at radius 1 is 0.968 bits per heavy atom. The molecule has 1 N–H and O–H groups in total. The van der Waals surface area contributed by atoms with Gasteiger partial charge in [-0.25, -0.2) is 8.42 Å². The number of benzene rings is 3. The third kappa shape index (κ3) is 3.38. The Labute approximate surface area is 183 Å². The molecule has 31 heavy (non-hydrogen) atoms. The fraction of sp³-hybridized carbons (Fsp3) is 0.231. The number of hydrogen-bond acceptors (Lipinski definition) is 2. The average Bonchev–Trinajstić information content (AvgIpc) is 3.18. The van der Waals surface area contributed by atoms with E-state index in [4.69, 9.17) is 0 Å². The molecule has 0 saturated heterocycles. The van der Waals surface area contributed by atoms with Crippen LogP contribution in [-0.4, -0.2) is 24.3 Å². The molecule has 1 atom stereocenters. The minimum Gasteiger partial charge on any atom is -0.357 e. The summed E-state index contributed by atoms with van der Waals surface area (Å²) in [6, 6.07) is 23.3. The quantitative estimate of drug-likeness (QED) is 0.473. The highest BCUT2D eigenvalue weighted by molar-refractivity contribution is 7.89. The molecule has 5 rings (SSSR count). The average molecular weight is 431 g/mol. The molecule has 0 bridgehead atoms. The standard InChI is InChI=1S/C26H26N2O2S/c1-3-19-10-14-21(15-11-19)31(29,30)28-17-16-23-22-6-4-5-7-24(22)27-25(23)26(28)20-12-8-18(2)9-13-20/h4-15,26-27H,3,16-17H2,1-2H3/t26-/m1/s1. The maximum atomic E-state index is 13.8. The Kier molecular flexibility index (Phi) is 4.95. The molecule has 0 unspecified atom stereocenters. The maximum Gasteiger partial charge on any atom is 0.244 e. The second kappa shape index (κ2) is 7.66. The van der Waals surface area contributed by atoms with Gasteiger partial charge in [0.1, 0.15) is 0 Å². The van der Waals surface area contributed by atoms with Gasteiger partial charge < -0.3 is 4.98 Å². The Hall–Kier alpha value is -2.89. The first-order valence-corrected chi connectivity index (χ1v) is 12.2. The number of para-hydroxylation sites is 1. The van der Waals surface area contributed by atoms with Gasteiger partial charge in [0.2, 0.25) is 10.0 Å². The van der Waals surface area contributed by atoms with Crippen molar-refractivity contribution in [1.82, 2.24) is 9.29 Å². The Morgan fingerprint density at radius 3 is 2.39 bits per heavy atom. The van der Waals surface area contributed by atoms with Crippen LogP contribution in [-0.2, 0) is 22.9 Å². The highest BCUT2D eigenvalue weighted by Gasteiger charge is 2.39. The van der Waals surface area contributed by atoms with E-state index in [1.54, 1.807) is 16.4 Å². The van der Waals surface area contributed by atoms with E-state index in [1.807, 2.05) is 55.5 Å². The van der Waals surface area contributed by atoms with Crippen molar-refractivity contribution in [2.45, 2.75) is 37.6 Å². The minimum absolute atomic E-state index is 0.348. The first kappa shape index (κ1) is 20.0. The fourth-order valence-corrected chi connectivity index (χ4v) is 6.18. The van der Waals surface area contributed by atoms with Crippen LogP contribution in [0, 0.1) is 6.92 Å². The predicted octanol–water partition coefficient (Wildman–Crippen LogP) is 5.38. The van der Waals surface area contributed by atoms with E-state index in [9.17, 15) is 8.42 Å². The molecule has 2 heterocycles. The third-order valence-electron chi connectivity index (χ3n) is 6.32. The monoisotopic (exact) mass is 430 g/mol. The first-order valence-electron chi connectivity index (χ1n) is 10.8. The van der Waals surface area contributed by atoms with Gasteiger partial charge in [-0.15, -0.1) is 0 Å². The van der Waals surface area contributed by atoms with Crippen LogP contribution in [0.2, 0.25) is 0 Å². The number of aryl methyl sites for hydroxylation is 2. The minimum atomic E-state index is -3.66. The van der Waals surface area contributed by atoms with Crippen molar-refractivity contribution < 1.29 is 8.42 Å². The molecule has 0 aliphatic carbocycles. The number of aromatic amines is 1. The molecule has 5 heteroatoms. The van der Waals surface area contributed by atoms with Crippen LogP contribution in [0.5, 0.6) is 0 Å². The zero-order valence-electron chi connectivity index (χ0n) is 17.8. The lowest BCUT2D eigenvalue weighted by Gasteiger charge is -2.35. The zero-order chi connectivity index (χ0) is 21.6. The van der Waals surface area contributed by atoms with Gasteiger partial charge in [-0.05, 0) is 54.7 Å². The van der Waals surface area contributed by atoms with Gasteiger partial charge in [0.05, 0.1) is 10.9 Å². The molecule has 4 nitrogen and oxygen atoms in total. The van der Waals surface area contributed by atoms with Crippen molar-refractivity contribution in [2.24, 2.45) is 0 Å². The number of sulfonamides is 1. The molecule has 1 aromatic heterocycles. The van der Waals surface area contributed by atoms with Crippen LogP contribution in [0.3, 0.4) is 0 Å². The zero-order valence-corrected chi connectivity index (χ0v) is 18.6. The van der Waals surface area contributed by atoms with E-state index < -0.39 is 10.0 Å². The normalized spacial score (nSPS) is 17.0. The number of fused-ring (bicyclic) bond motifs is 3. The molecule has 0 saturated carbocycles. The SMILES string of the molecule is CCc1ccc(S(=O)(=O)N2CCc3c([nH]c4ccccc34)[C@H]2c2ccc(C)cc2)cc1.